The first-order valence-electron chi connectivity index (χ1n) is 6.78. The second-order valence-corrected chi connectivity index (χ2v) is 6.24. The highest BCUT2D eigenvalue weighted by atomic mass is 79.9. The molecule has 0 saturated carbocycles. The van der Waals surface area contributed by atoms with Crippen molar-refractivity contribution < 1.29 is 4.74 Å². The number of methoxy groups -OCH3 is 1. The van der Waals surface area contributed by atoms with Crippen molar-refractivity contribution in [1.82, 2.24) is 15.1 Å². The molecule has 4 nitrogen and oxygen atoms in total. The van der Waals surface area contributed by atoms with Crippen molar-refractivity contribution in [2.75, 3.05) is 13.7 Å². The summed E-state index contributed by atoms with van der Waals surface area (Å²) in [6, 6.07) is 2.18. The first-order valence-corrected chi connectivity index (χ1v) is 8.46. The van der Waals surface area contributed by atoms with Crippen LogP contribution in [0.5, 0.6) is 5.75 Å². The molecule has 1 N–H and O–H groups in total. The number of halogens is 1. The van der Waals surface area contributed by atoms with Gasteiger partial charge < -0.3 is 10.1 Å². The summed E-state index contributed by atoms with van der Waals surface area (Å²) in [5.41, 5.74) is 1.09. The van der Waals surface area contributed by atoms with E-state index < -0.39 is 0 Å². The van der Waals surface area contributed by atoms with Gasteiger partial charge in [-0.2, -0.15) is 5.10 Å². The van der Waals surface area contributed by atoms with Gasteiger partial charge in [0.15, 0.2) is 5.75 Å². The van der Waals surface area contributed by atoms with Crippen molar-refractivity contribution >= 4 is 27.3 Å². The number of rotatable bonds is 7. The Kier molecular flexibility index (Phi) is 5.63. The molecule has 0 spiro atoms. The summed E-state index contributed by atoms with van der Waals surface area (Å²) in [5, 5.41) is 10.1. The van der Waals surface area contributed by atoms with Crippen LogP contribution in [0.1, 0.15) is 36.9 Å². The van der Waals surface area contributed by atoms with Gasteiger partial charge >= 0.3 is 0 Å². The smallest absolute Gasteiger partial charge is 0.161 e. The Hall–Kier alpha value is -0.850. The van der Waals surface area contributed by atoms with Gasteiger partial charge in [0.25, 0.3) is 0 Å². The summed E-state index contributed by atoms with van der Waals surface area (Å²) < 4.78 is 8.62. The second kappa shape index (κ2) is 7.24. The van der Waals surface area contributed by atoms with Crippen molar-refractivity contribution in [3.8, 4) is 5.75 Å². The lowest BCUT2D eigenvalue weighted by molar-refractivity contribution is 0.399. The van der Waals surface area contributed by atoms with Crippen LogP contribution in [0.3, 0.4) is 0 Å². The quantitative estimate of drug-likeness (QED) is 0.818. The molecule has 0 fully saturated rings. The van der Waals surface area contributed by atoms with Gasteiger partial charge in [-0.15, -0.1) is 11.3 Å². The number of aryl methyl sites for hydroxylation is 1. The molecule has 0 amide bonds. The normalized spacial score (nSPS) is 12.6. The maximum absolute atomic E-state index is 5.49. The van der Waals surface area contributed by atoms with Gasteiger partial charge in [0.1, 0.15) is 5.69 Å². The minimum atomic E-state index is 0.0988. The zero-order chi connectivity index (χ0) is 14.5. The SMILES string of the molecule is CCCNC(c1sccc1Br)c1c(OC)cnn1CC. The van der Waals surface area contributed by atoms with Gasteiger partial charge in [-0.3, -0.25) is 4.68 Å². The van der Waals surface area contributed by atoms with E-state index in [4.69, 9.17) is 4.74 Å². The van der Waals surface area contributed by atoms with E-state index in [0.717, 1.165) is 35.4 Å². The van der Waals surface area contributed by atoms with E-state index in [1.54, 1.807) is 24.6 Å². The van der Waals surface area contributed by atoms with Crippen molar-refractivity contribution in [1.29, 1.82) is 0 Å². The number of hydrogen-bond donors (Lipinski definition) is 1. The molecule has 2 rings (SSSR count). The zero-order valence-corrected chi connectivity index (χ0v) is 14.4. The van der Waals surface area contributed by atoms with Crippen molar-refractivity contribution in [2.45, 2.75) is 32.9 Å². The highest BCUT2D eigenvalue weighted by Crippen LogP contribution is 2.36. The molecule has 6 heteroatoms. The Bertz CT molecular complexity index is 531. The summed E-state index contributed by atoms with van der Waals surface area (Å²) in [6.45, 7) is 6.04. The van der Waals surface area contributed by atoms with Gasteiger partial charge in [-0.05, 0) is 47.3 Å². The fraction of sp³-hybridized carbons (Fsp3) is 0.500. The van der Waals surface area contributed by atoms with Gasteiger partial charge in [-0.25, -0.2) is 0 Å². The van der Waals surface area contributed by atoms with Crippen LogP contribution in [-0.2, 0) is 6.54 Å². The van der Waals surface area contributed by atoms with E-state index >= 15 is 0 Å². The molecule has 0 radical (unpaired) electrons. The maximum Gasteiger partial charge on any atom is 0.161 e. The fourth-order valence-corrected chi connectivity index (χ4v) is 3.87. The first-order chi connectivity index (χ1) is 9.72. The minimum absolute atomic E-state index is 0.0988. The summed E-state index contributed by atoms with van der Waals surface area (Å²) >= 11 is 5.38. The van der Waals surface area contributed by atoms with E-state index in [9.17, 15) is 0 Å². The highest BCUT2D eigenvalue weighted by Gasteiger charge is 2.25. The number of nitrogens with one attached hydrogen (secondary N) is 1. The Balaban J connectivity index is 2.46. The summed E-state index contributed by atoms with van der Waals surface area (Å²) in [7, 11) is 1.70. The van der Waals surface area contributed by atoms with E-state index in [1.807, 2.05) is 4.68 Å². The third-order valence-electron chi connectivity index (χ3n) is 3.14. The van der Waals surface area contributed by atoms with Crippen LogP contribution < -0.4 is 10.1 Å². The lowest BCUT2D eigenvalue weighted by atomic mass is 10.1. The molecule has 0 saturated heterocycles. The molecule has 0 aliphatic rings. The number of nitrogens with zero attached hydrogens (tertiary/aromatic N) is 2. The lowest BCUT2D eigenvalue weighted by Crippen LogP contribution is -2.25. The molecule has 0 bridgehead atoms. The molecule has 0 aromatic carbocycles. The van der Waals surface area contributed by atoms with E-state index in [-0.39, 0.29) is 6.04 Å². The molecule has 0 aliphatic carbocycles. The predicted molar refractivity (Wildman–Crippen MR) is 86.6 cm³/mol. The molecule has 1 unspecified atom stereocenters. The second-order valence-electron chi connectivity index (χ2n) is 4.43. The predicted octanol–water partition coefficient (Wildman–Crippen LogP) is 3.82. The van der Waals surface area contributed by atoms with Crippen molar-refractivity contribution in [3.05, 3.63) is 32.7 Å². The van der Waals surface area contributed by atoms with Crippen LogP contribution in [0.15, 0.2) is 22.1 Å². The molecule has 2 aromatic heterocycles. The Morgan fingerprint density at radius 3 is 2.85 bits per heavy atom. The fourth-order valence-electron chi connectivity index (χ4n) is 2.19. The van der Waals surface area contributed by atoms with Gasteiger partial charge in [-0.1, -0.05) is 6.92 Å². The molecule has 1 atom stereocenters. The Morgan fingerprint density at radius 2 is 2.30 bits per heavy atom. The number of aromatic nitrogens is 2. The van der Waals surface area contributed by atoms with Crippen molar-refractivity contribution in [2.24, 2.45) is 0 Å². The molecule has 110 valence electrons. The van der Waals surface area contributed by atoms with Crippen LogP contribution in [0.25, 0.3) is 0 Å². The van der Waals surface area contributed by atoms with Crippen LogP contribution >= 0.6 is 27.3 Å². The number of ether oxygens (including phenoxy) is 1. The molecular formula is C14H20BrN3OS. The van der Waals surface area contributed by atoms with Crippen LogP contribution in [0.2, 0.25) is 0 Å². The topological polar surface area (TPSA) is 39.1 Å². The van der Waals surface area contributed by atoms with Crippen molar-refractivity contribution in [3.63, 3.8) is 0 Å². The number of thiophene rings is 1. The van der Waals surface area contributed by atoms with Crippen LogP contribution in [-0.4, -0.2) is 23.4 Å². The largest absolute Gasteiger partial charge is 0.493 e. The molecule has 2 heterocycles. The highest BCUT2D eigenvalue weighted by molar-refractivity contribution is 9.10. The van der Waals surface area contributed by atoms with Gasteiger partial charge in [0.2, 0.25) is 0 Å². The molecular weight excluding hydrogens is 338 g/mol. The van der Waals surface area contributed by atoms with E-state index in [0.29, 0.717) is 0 Å². The Labute approximate surface area is 132 Å². The van der Waals surface area contributed by atoms with Gasteiger partial charge in [0, 0.05) is 15.9 Å². The third-order valence-corrected chi connectivity index (χ3v) is 5.08. The van der Waals surface area contributed by atoms with E-state index in [1.165, 1.54) is 4.88 Å². The average Bonchev–Trinajstić information content (AvgIpc) is 3.06. The van der Waals surface area contributed by atoms with Crippen LogP contribution in [0.4, 0.5) is 0 Å². The average molecular weight is 358 g/mol. The minimum Gasteiger partial charge on any atom is -0.493 e. The number of hydrogen-bond acceptors (Lipinski definition) is 4. The molecule has 2 aromatic rings. The van der Waals surface area contributed by atoms with Gasteiger partial charge in [0.05, 0.1) is 19.3 Å². The zero-order valence-electron chi connectivity index (χ0n) is 12.0. The maximum atomic E-state index is 5.49. The standard InChI is InChI=1S/C14H20BrN3OS/c1-4-7-16-12(14-10(15)6-8-20-14)13-11(19-3)9-17-18(13)5-2/h6,8-9,12,16H,4-5,7H2,1-3H3. The molecule has 20 heavy (non-hydrogen) atoms. The first kappa shape index (κ1) is 15.5. The van der Waals surface area contributed by atoms with E-state index in [2.05, 4.69) is 51.6 Å². The summed E-state index contributed by atoms with van der Waals surface area (Å²) in [4.78, 5) is 1.26. The lowest BCUT2D eigenvalue weighted by Gasteiger charge is -2.20. The molecule has 0 aliphatic heterocycles. The monoisotopic (exact) mass is 357 g/mol. The third kappa shape index (κ3) is 3.07. The van der Waals surface area contributed by atoms with Crippen LogP contribution in [0, 0.1) is 0 Å². The Morgan fingerprint density at radius 1 is 1.50 bits per heavy atom. The summed E-state index contributed by atoms with van der Waals surface area (Å²) in [6.07, 6.45) is 2.88. The summed E-state index contributed by atoms with van der Waals surface area (Å²) in [5.74, 6) is 0.834.